The smallest absolute Gasteiger partial charge is 0.306 e. The van der Waals surface area contributed by atoms with Gasteiger partial charge in [-0.05, 0) is 70.6 Å². The maximum atomic E-state index is 13.4. The number of hydrogen-bond donors (Lipinski definition) is 6. The summed E-state index contributed by atoms with van der Waals surface area (Å²) in [7, 11) is 0. The highest BCUT2D eigenvalue weighted by Gasteiger charge is 2.47. The number of nitrogens with one attached hydrogen (secondary N) is 1. The fraction of sp³-hybridized carbons (Fsp3) is 0.778. The summed E-state index contributed by atoms with van der Waals surface area (Å²) in [5, 5.41) is 56.9. The zero-order chi connectivity index (χ0) is 54.0. The zero-order valence-electron chi connectivity index (χ0n) is 47.2. The van der Waals surface area contributed by atoms with Crippen molar-refractivity contribution in [2.75, 3.05) is 13.2 Å². The number of rotatable bonds is 50. The molecule has 1 aliphatic heterocycles. The van der Waals surface area contributed by atoms with E-state index >= 15 is 0 Å². The fourth-order valence-corrected chi connectivity index (χ4v) is 9.13. The Bertz CT molecular complexity index is 1480. The molecular formula is C63H111NO10. The molecule has 0 aromatic carbocycles. The van der Waals surface area contributed by atoms with Crippen molar-refractivity contribution < 1.29 is 49.3 Å². The molecule has 0 aliphatic carbocycles. The third-order valence-electron chi connectivity index (χ3n) is 13.9. The van der Waals surface area contributed by atoms with Gasteiger partial charge in [-0.15, -0.1) is 0 Å². The van der Waals surface area contributed by atoms with Gasteiger partial charge in [0.25, 0.3) is 0 Å². The van der Waals surface area contributed by atoms with E-state index in [-0.39, 0.29) is 19.4 Å². The summed E-state index contributed by atoms with van der Waals surface area (Å²) in [4.78, 5) is 26.5. The van der Waals surface area contributed by atoms with E-state index in [9.17, 15) is 35.1 Å². The molecule has 0 aromatic heterocycles. The Kier molecular flexibility index (Phi) is 47.5. The molecule has 11 heteroatoms. The van der Waals surface area contributed by atoms with E-state index in [2.05, 4.69) is 50.4 Å². The zero-order valence-corrected chi connectivity index (χ0v) is 47.2. The fourth-order valence-electron chi connectivity index (χ4n) is 9.13. The van der Waals surface area contributed by atoms with Crippen molar-refractivity contribution in [2.24, 2.45) is 0 Å². The van der Waals surface area contributed by atoms with Gasteiger partial charge in [0.2, 0.25) is 5.91 Å². The molecule has 1 saturated heterocycles. The molecule has 74 heavy (non-hydrogen) atoms. The highest BCUT2D eigenvalue weighted by molar-refractivity contribution is 5.80. The highest BCUT2D eigenvalue weighted by Crippen LogP contribution is 2.26. The minimum atomic E-state index is -1.63. The number of carbonyl (C=O) groups is 2. The first-order valence-corrected chi connectivity index (χ1v) is 30.3. The van der Waals surface area contributed by atoms with Gasteiger partial charge in [0.15, 0.2) is 12.4 Å². The van der Waals surface area contributed by atoms with E-state index in [1.54, 1.807) is 6.08 Å². The minimum absolute atomic E-state index is 0.0950. The molecule has 0 aromatic rings. The van der Waals surface area contributed by atoms with Crippen molar-refractivity contribution in [3.05, 3.63) is 72.9 Å². The van der Waals surface area contributed by atoms with Gasteiger partial charge in [-0.2, -0.15) is 0 Å². The normalized spacial score (nSPS) is 19.8. The molecule has 0 spiro atoms. The quantitative estimate of drug-likeness (QED) is 0.0149. The van der Waals surface area contributed by atoms with Crippen LogP contribution in [0.5, 0.6) is 0 Å². The van der Waals surface area contributed by atoms with E-state index in [0.29, 0.717) is 12.8 Å². The Morgan fingerprint density at radius 1 is 0.541 bits per heavy atom. The Hall–Kier alpha value is -2.90. The molecule has 1 heterocycles. The lowest BCUT2D eigenvalue weighted by atomic mass is 9.99. The monoisotopic (exact) mass is 1040 g/mol. The highest BCUT2D eigenvalue weighted by atomic mass is 16.7. The van der Waals surface area contributed by atoms with Gasteiger partial charge in [0.05, 0.1) is 25.4 Å². The van der Waals surface area contributed by atoms with E-state index in [0.717, 1.165) is 83.5 Å². The summed E-state index contributed by atoms with van der Waals surface area (Å²) in [6.07, 6.45) is 53.7. The second-order valence-electron chi connectivity index (χ2n) is 20.8. The lowest BCUT2D eigenvalue weighted by Gasteiger charge is -2.41. The van der Waals surface area contributed by atoms with Crippen molar-refractivity contribution in [1.29, 1.82) is 0 Å². The summed E-state index contributed by atoms with van der Waals surface area (Å²) in [6, 6.07) is -1.03. The first kappa shape index (κ1) is 69.1. The number of carbonyl (C=O) groups excluding carboxylic acids is 2. The van der Waals surface area contributed by atoms with Crippen LogP contribution in [0.2, 0.25) is 0 Å². The average Bonchev–Trinajstić information content (AvgIpc) is 3.40. The van der Waals surface area contributed by atoms with Crippen molar-refractivity contribution in [3.63, 3.8) is 0 Å². The summed E-state index contributed by atoms with van der Waals surface area (Å²) >= 11 is 0. The van der Waals surface area contributed by atoms with Gasteiger partial charge in [-0.1, -0.05) is 248 Å². The molecule has 11 nitrogen and oxygen atoms in total. The molecule has 0 bridgehead atoms. The molecule has 6 N–H and O–H groups in total. The van der Waals surface area contributed by atoms with Crippen molar-refractivity contribution >= 4 is 11.9 Å². The molecule has 8 unspecified atom stereocenters. The molecule has 1 aliphatic rings. The van der Waals surface area contributed by atoms with Gasteiger partial charge in [-0.3, -0.25) is 9.59 Å². The predicted octanol–water partition coefficient (Wildman–Crippen LogP) is 14.0. The van der Waals surface area contributed by atoms with Crippen LogP contribution >= 0.6 is 0 Å². The van der Waals surface area contributed by atoms with Crippen molar-refractivity contribution in [3.8, 4) is 0 Å². The standard InChI is InChI=1S/C63H111NO10/c1-4-7-10-13-16-19-22-25-27-28-29-31-32-35-38-41-44-47-50-56(67)62(71)64-54(55(66)49-46-43-40-37-34-24-21-18-15-12-9-6-3)53-72-63-61(60(70)59(69)57(52-65)73-63)74-58(68)51-48-45-42-39-36-33-30-26-23-20-17-14-11-8-5-2/h8,11,14,17,20,23,25-27,30,46,49,54-57,59-61,63,65-67,69-70H,4-7,9-10,12-13,15-16,18-19,21-22,24,28-29,31-45,47-48,50-53H2,1-3H3,(H,64,71)/b11-8+,17-14+,23-20+,27-25+,30-26-,49-46+. The van der Waals surface area contributed by atoms with Crippen LogP contribution in [0.4, 0.5) is 0 Å². The van der Waals surface area contributed by atoms with Gasteiger partial charge in [0, 0.05) is 6.42 Å². The van der Waals surface area contributed by atoms with Gasteiger partial charge in [0.1, 0.15) is 24.4 Å². The predicted molar refractivity (Wildman–Crippen MR) is 306 cm³/mol. The number of ether oxygens (including phenoxy) is 3. The Balaban J connectivity index is 2.71. The molecule has 0 saturated carbocycles. The molecule has 1 rings (SSSR count). The molecule has 1 fully saturated rings. The third kappa shape index (κ3) is 38.6. The minimum Gasteiger partial charge on any atom is -0.454 e. The summed E-state index contributed by atoms with van der Waals surface area (Å²) in [5.41, 5.74) is 0. The number of aliphatic hydroxyl groups is 5. The number of allylic oxidation sites excluding steroid dienone is 11. The topological polar surface area (TPSA) is 175 Å². The van der Waals surface area contributed by atoms with Crippen LogP contribution in [-0.2, 0) is 23.8 Å². The SMILES string of the molecule is CC/C=C/C=C/C=C/C=C\CCCCCCCC(=O)OC1C(OCC(NC(=O)C(O)CCCCCCCCCC/C=C/CCCCCCCC)C(O)/C=C/CCCCCCCCCCCC)OC(CO)C(O)C1O. The number of hydrogen-bond acceptors (Lipinski definition) is 10. The van der Waals surface area contributed by atoms with Crippen molar-refractivity contribution in [1.82, 2.24) is 5.32 Å². The van der Waals surface area contributed by atoms with E-state index < -0.39 is 67.4 Å². The number of amides is 1. The number of aliphatic hydroxyl groups excluding tert-OH is 5. The largest absolute Gasteiger partial charge is 0.454 e. The Morgan fingerprint density at radius 3 is 1.50 bits per heavy atom. The molecular weight excluding hydrogens is 931 g/mol. The number of esters is 1. The van der Waals surface area contributed by atoms with E-state index in [4.69, 9.17) is 14.2 Å². The second kappa shape index (κ2) is 50.9. The summed E-state index contributed by atoms with van der Waals surface area (Å²) in [6.45, 7) is 5.63. The number of unbranched alkanes of at least 4 members (excludes halogenated alkanes) is 29. The molecule has 0 radical (unpaired) electrons. The first-order chi connectivity index (χ1) is 36.2. The van der Waals surface area contributed by atoms with Gasteiger partial charge < -0.3 is 45.1 Å². The molecule has 8 atom stereocenters. The van der Waals surface area contributed by atoms with Gasteiger partial charge >= 0.3 is 5.97 Å². The summed E-state index contributed by atoms with van der Waals surface area (Å²) < 4.78 is 17.6. The molecule has 1 amide bonds. The average molecular weight is 1040 g/mol. The van der Waals surface area contributed by atoms with E-state index in [1.807, 2.05) is 42.5 Å². The van der Waals surface area contributed by atoms with Crippen LogP contribution in [0.3, 0.4) is 0 Å². The van der Waals surface area contributed by atoms with Crippen LogP contribution in [0.15, 0.2) is 72.9 Å². The lowest BCUT2D eigenvalue weighted by Crippen LogP contribution is -2.61. The maximum Gasteiger partial charge on any atom is 0.306 e. The first-order valence-electron chi connectivity index (χ1n) is 30.3. The Labute approximate surface area is 451 Å². The van der Waals surface area contributed by atoms with Crippen LogP contribution in [0.25, 0.3) is 0 Å². The van der Waals surface area contributed by atoms with Crippen LogP contribution in [-0.4, -0.2) is 99.6 Å². The van der Waals surface area contributed by atoms with Crippen LogP contribution in [0.1, 0.15) is 252 Å². The van der Waals surface area contributed by atoms with E-state index in [1.165, 1.54) is 122 Å². The lowest BCUT2D eigenvalue weighted by molar-refractivity contribution is -0.305. The molecule has 428 valence electrons. The maximum absolute atomic E-state index is 13.4. The third-order valence-corrected chi connectivity index (χ3v) is 13.9. The summed E-state index contributed by atoms with van der Waals surface area (Å²) in [5.74, 6) is -1.22. The van der Waals surface area contributed by atoms with Crippen molar-refractivity contribution in [2.45, 2.75) is 301 Å². The van der Waals surface area contributed by atoms with Gasteiger partial charge in [-0.25, -0.2) is 0 Å². The second-order valence-corrected chi connectivity index (χ2v) is 20.8. The Morgan fingerprint density at radius 2 is 0.986 bits per heavy atom. The van der Waals surface area contributed by atoms with Crippen LogP contribution < -0.4 is 5.32 Å². The van der Waals surface area contributed by atoms with Crippen LogP contribution in [0, 0.1) is 0 Å².